The first-order valence-electron chi connectivity index (χ1n) is 7.28. The minimum absolute atomic E-state index is 0.884. The Balaban J connectivity index is 2.04. The predicted octanol–water partition coefficient (Wildman–Crippen LogP) is 3.22. The molecule has 0 saturated carbocycles. The Kier molecular flexibility index (Phi) is 5.56. The van der Waals surface area contributed by atoms with Crippen molar-refractivity contribution in [2.75, 3.05) is 18.0 Å². The smallest absolute Gasteiger partial charge is 0.128 e. The van der Waals surface area contributed by atoms with Crippen LogP contribution in [0.25, 0.3) is 0 Å². The summed E-state index contributed by atoms with van der Waals surface area (Å²) in [5.41, 5.74) is 2.54. The van der Waals surface area contributed by atoms with E-state index < -0.39 is 0 Å². The van der Waals surface area contributed by atoms with Gasteiger partial charge < -0.3 is 10.2 Å². The zero-order chi connectivity index (χ0) is 14.2. The predicted molar refractivity (Wildman–Crippen MR) is 84.8 cm³/mol. The van der Waals surface area contributed by atoms with E-state index in [-0.39, 0.29) is 0 Å². The highest BCUT2D eigenvalue weighted by Gasteiger charge is 2.06. The van der Waals surface area contributed by atoms with E-state index in [0.29, 0.717) is 0 Å². The van der Waals surface area contributed by atoms with Gasteiger partial charge in [0.05, 0.1) is 0 Å². The van der Waals surface area contributed by atoms with Gasteiger partial charge in [-0.25, -0.2) is 4.98 Å². The lowest BCUT2D eigenvalue weighted by atomic mass is 10.2. The Hall–Kier alpha value is -1.87. The Morgan fingerprint density at radius 3 is 2.40 bits per heavy atom. The summed E-state index contributed by atoms with van der Waals surface area (Å²) < 4.78 is 0. The van der Waals surface area contributed by atoms with Gasteiger partial charge in [-0.05, 0) is 30.7 Å². The average Bonchev–Trinajstić information content (AvgIpc) is 2.52. The van der Waals surface area contributed by atoms with Crippen LogP contribution in [0.3, 0.4) is 0 Å². The van der Waals surface area contributed by atoms with Crippen LogP contribution in [0.5, 0.6) is 0 Å². The lowest BCUT2D eigenvalue weighted by Gasteiger charge is -2.22. The highest BCUT2D eigenvalue weighted by atomic mass is 15.2. The molecule has 0 spiro atoms. The fourth-order valence-corrected chi connectivity index (χ4v) is 2.14. The van der Waals surface area contributed by atoms with Crippen molar-refractivity contribution >= 4 is 5.82 Å². The summed E-state index contributed by atoms with van der Waals surface area (Å²) in [6.45, 7) is 7.99. The van der Waals surface area contributed by atoms with E-state index in [4.69, 9.17) is 0 Å². The Morgan fingerprint density at radius 2 is 1.80 bits per heavy atom. The maximum absolute atomic E-state index is 4.58. The maximum atomic E-state index is 4.58. The summed E-state index contributed by atoms with van der Waals surface area (Å²) in [5.74, 6) is 1.04. The molecule has 1 aromatic carbocycles. The first-order chi connectivity index (χ1) is 9.83. The first kappa shape index (κ1) is 14.5. The van der Waals surface area contributed by atoms with Crippen molar-refractivity contribution in [2.45, 2.75) is 26.9 Å². The minimum Gasteiger partial charge on any atom is -0.353 e. The van der Waals surface area contributed by atoms with E-state index in [9.17, 15) is 0 Å². The van der Waals surface area contributed by atoms with Crippen LogP contribution in [0.15, 0.2) is 48.7 Å². The van der Waals surface area contributed by atoms with E-state index in [1.165, 1.54) is 11.1 Å². The fourth-order valence-electron chi connectivity index (χ4n) is 2.14. The average molecular weight is 269 g/mol. The second-order valence-corrected chi connectivity index (χ2v) is 4.80. The van der Waals surface area contributed by atoms with Gasteiger partial charge in [0.25, 0.3) is 0 Å². The molecule has 106 valence electrons. The number of benzene rings is 1. The van der Waals surface area contributed by atoms with Crippen molar-refractivity contribution in [1.82, 2.24) is 10.3 Å². The summed E-state index contributed by atoms with van der Waals surface area (Å²) in [6.07, 6.45) is 1.96. The van der Waals surface area contributed by atoms with Gasteiger partial charge in [0.1, 0.15) is 5.82 Å². The van der Waals surface area contributed by atoms with Crippen LogP contribution in [0.2, 0.25) is 0 Å². The Morgan fingerprint density at radius 1 is 1.00 bits per heavy atom. The minimum atomic E-state index is 0.884. The van der Waals surface area contributed by atoms with E-state index in [1.807, 2.05) is 12.3 Å². The highest BCUT2D eigenvalue weighted by Crippen LogP contribution is 2.14. The maximum Gasteiger partial charge on any atom is 0.128 e. The SMILES string of the molecule is CCNCc1ccc(N(CC)Cc2ccccc2)nc1. The molecule has 2 aromatic rings. The van der Waals surface area contributed by atoms with E-state index >= 15 is 0 Å². The summed E-state index contributed by atoms with van der Waals surface area (Å²) >= 11 is 0. The summed E-state index contributed by atoms with van der Waals surface area (Å²) in [6, 6.07) is 14.8. The van der Waals surface area contributed by atoms with Gasteiger partial charge in [-0.3, -0.25) is 0 Å². The van der Waals surface area contributed by atoms with Crippen LogP contribution in [0, 0.1) is 0 Å². The molecule has 0 saturated heterocycles. The fraction of sp³-hybridized carbons (Fsp3) is 0.353. The van der Waals surface area contributed by atoms with Gasteiger partial charge in [-0.15, -0.1) is 0 Å². The molecule has 20 heavy (non-hydrogen) atoms. The molecule has 1 aromatic heterocycles. The van der Waals surface area contributed by atoms with Crippen LogP contribution in [-0.2, 0) is 13.1 Å². The van der Waals surface area contributed by atoms with E-state index in [1.54, 1.807) is 0 Å². The van der Waals surface area contributed by atoms with Crippen LogP contribution in [0.1, 0.15) is 25.0 Å². The normalized spacial score (nSPS) is 10.5. The standard InChI is InChI=1S/C17H23N3/c1-3-18-12-16-10-11-17(19-13-16)20(4-2)14-15-8-6-5-7-9-15/h5-11,13,18H,3-4,12,14H2,1-2H3. The summed E-state index contributed by atoms with van der Waals surface area (Å²) in [7, 11) is 0. The third-order valence-electron chi connectivity index (χ3n) is 3.31. The number of aromatic nitrogens is 1. The van der Waals surface area contributed by atoms with Gasteiger partial charge in [-0.1, -0.05) is 43.3 Å². The molecule has 0 bridgehead atoms. The summed E-state index contributed by atoms with van der Waals surface area (Å²) in [5, 5.41) is 3.31. The second-order valence-electron chi connectivity index (χ2n) is 4.80. The molecule has 0 aliphatic rings. The molecular weight excluding hydrogens is 246 g/mol. The van der Waals surface area contributed by atoms with Gasteiger partial charge in [0.15, 0.2) is 0 Å². The molecule has 3 heteroatoms. The van der Waals surface area contributed by atoms with Gasteiger partial charge in [0, 0.05) is 25.8 Å². The first-order valence-corrected chi connectivity index (χ1v) is 7.28. The largest absolute Gasteiger partial charge is 0.353 e. The van der Waals surface area contributed by atoms with Crippen LogP contribution >= 0.6 is 0 Å². The lowest BCUT2D eigenvalue weighted by Crippen LogP contribution is -2.23. The molecule has 0 unspecified atom stereocenters. The number of hydrogen-bond acceptors (Lipinski definition) is 3. The topological polar surface area (TPSA) is 28.2 Å². The third-order valence-corrected chi connectivity index (χ3v) is 3.31. The highest BCUT2D eigenvalue weighted by molar-refractivity contribution is 5.40. The third kappa shape index (κ3) is 4.07. The molecule has 0 amide bonds. The van der Waals surface area contributed by atoms with Gasteiger partial charge in [0.2, 0.25) is 0 Å². The number of rotatable bonds is 7. The molecule has 3 nitrogen and oxygen atoms in total. The van der Waals surface area contributed by atoms with Crippen molar-refractivity contribution in [3.63, 3.8) is 0 Å². The lowest BCUT2D eigenvalue weighted by molar-refractivity contribution is 0.723. The zero-order valence-electron chi connectivity index (χ0n) is 12.3. The van der Waals surface area contributed by atoms with Crippen molar-refractivity contribution < 1.29 is 0 Å². The Bertz CT molecular complexity index is 493. The van der Waals surface area contributed by atoms with E-state index in [0.717, 1.165) is 32.0 Å². The second kappa shape index (κ2) is 7.65. The molecule has 0 atom stereocenters. The summed E-state index contributed by atoms with van der Waals surface area (Å²) in [4.78, 5) is 6.87. The van der Waals surface area contributed by atoms with Crippen LogP contribution < -0.4 is 10.2 Å². The van der Waals surface area contributed by atoms with Crippen molar-refractivity contribution in [1.29, 1.82) is 0 Å². The molecule has 0 aliphatic heterocycles. The van der Waals surface area contributed by atoms with Gasteiger partial charge in [-0.2, -0.15) is 0 Å². The van der Waals surface area contributed by atoms with Crippen molar-refractivity contribution in [3.05, 3.63) is 59.8 Å². The van der Waals surface area contributed by atoms with Gasteiger partial charge >= 0.3 is 0 Å². The molecule has 0 radical (unpaired) electrons. The van der Waals surface area contributed by atoms with E-state index in [2.05, 4.69) is 65.4 Å². The number of pyridine rings is 1. The zero-order valence-corrected chi connectivity index (χ0v) is 12.3. The van der Waals surface area contributed by atoms with Crippen LogP contribution in [0.4, 0.5) is 5.82 Å². The number of nitrogens with one attached hydrogen (secondary N) is 1. The molecule has 2 rings (SSSR count). The molecule has 0 aliphatic carbocycles. The van der Waals surface area contributed by atoms with Crippen molar-refractivity contribution in [3.8, 4) is 0 Å². The number of hydrogen-bond donors (Lipinski definition) is 1. The quantitative estimate of drug-likeness (QED) is 0.836. The number of nitrogens with zero attached hydrogens (tertiary/aromatic N) is 2. The van der Waals surface area contributed by atoms with Crippen molar-refractivity contribution in [2.24, 2.45) is 0 Å². The van der Waals surface area contributed by atoms with Crippen LogP contribution in [-0.4, -0.2) is 18.1 Å². The number of anilines is 1. The molecular formula is C17H23N3. The monoisotopic (exact) mass is 269 g/mol. The molecule has 1 heterocycles. The Labute approximate surface area is 121 Å². The molecule has 0 fully saturated rings. The molecule has 1 N–H and O–H groups in total.